The highest BCUT2D eigenvalue weighted by molar-refractivity contribution is 6.09. The summed E-state index contributed by atoms with van der Waals surface area (Å²) in [5, 5.41) is 10.9. The summed E-state index contributed by atoms with van der Waals surface area (Å²) in [6.45, 7) is -0.294. The largest absolute Gasteiger partial charge is 0.464 e. The van der Waals surface area contributed by atoms with Crippen LogP contribution in [0.25, 0.3) is 0 Å². The van der Waals surface area contributed by atoms with Crippen LogP contribution in [0.3, 0.4) is 0 Å². The van der Waals surface area contributed by atoms with Crippen molar-refractivity contribution < 1.29 is 23.9 Å². The minimum atomic E-state index is -0.798. The van der Waals surface area contributed by atoms with Crippen LogP contribution < -0.4 is 5.32 Å². The van der Waals surface area contributed by atoms with E-state index in [4.69, 9.17) is 0 Å². The fourth-order valence-corrected chi connectivity index (χ4v) is 5.30. The number of aromatic nitrogens is 3. The molecule has 2 atom stereocenters. The Hall–Kier alpha value is -2.98. The lowest BCUT2D eigenvalue weighted by Gasteiger charge is -2.35. The molecule has 1 aromatic rings. The molecule has 3 aliphatic rings. The normalized spacial score (nSPS) is 25.3. The highest BCUT2D eigenvalue weighted by Crippen LogP contribution is 2.39. The molecule has 2 aliphatic carbocycles. The van der Waals surface area contributed by atoms with Gasteiger partial charge >= 0.3 is 12.0 Å². The zero-order valence-corrected chi connectivity index (χ0v) is 18.6. The van der Waals surface area contributed by atoms with Crippen molar-refractivity contribution in [3.63, 3.8) is 0 Å². The number of esters is 1. The number of hydrogen-bond donors (Lipinski definition) is 1. The zero-order chi connectivity index (χ0) is 22.9. The van der Waals surface area contributed by atoms with E-state index in [2.05, 4.69) is 20.4 Å². The number of hydrogen-bond acceptors (Lipinski definition) is 7. The van der Waals surface area contributed by atoms with Gasteiger partial charge in [-0.05, 0) is 25.7 Å². The van der Waals surface area contributed by atoms with E-state index >= 15 is 0 Å². The molecule has 2 saturated carbocycles. The third-order valence-corrected chi connectivity index (χ3v) is 7.11. The summed E-state index contributed by atoms with van der Waals surface area (Å²) in [7, 11) is 2.94. The maximum Gasteiger partial charge on any atom is 0.360 e. The Bertz CT molecular complexity index is 908. The molecule has 1 spiro atoms. The van der Waals surface area contributed by atoms with Crippen LogP contribution >= 0.6 is 0 Å². The summed E-state index contributed by atoms with van der Waals surface area (Å²) in [4.78, 5) is 53.1. The lowest BCUT2D eigenvalue weighted by atomic mass is 9.81. The molecule has 11 heteroatoms. The van der Waals surface area contributed by atoms with Gasteiger partial charge in [0.25, 0.3) is 5.91 Å². The van der Waals surface area contributed by atoms with Crippen LogP contribution in [0.4, 0.5) is 4.79 Å². The Morgan fingerprint density at radius 3 is 2.59 bits per heavy atom. The number of methoxy groups -OCH3 is 1. The molecule has 4 amide bonds. The molecule has 0 aromatic carbocycles. The van der Waals surface area contributed by atoms with Gasteiger partial charge in [-0.3, -0.25) is 14.5 Å². The molecule has 32 heavy (non-hydrogen) atoms. The van der Waals surface area contributed by atoms with Gasteiger partial charge in [-0.2, -0.15) is 0 Å². The van der Waals surface area contributed by atoms with Gasteiger partial charge in [0.2, 0.25) is 5.91 Å². The number of imide groups is 1. The van der Waals surface area contributed by atoms with E-state index in [1.54, 1.807) is 11.7 Å². The Balaban J connectivity index is 1.43. The van der Waals surface area contributed by atoms with Gasteiger partial charge in [-0.25, -0.2) is 14.3 Å². The number of ether oxygens (including phenoxy) is 1. The third kappa shape index (κ3) is 3.84. The van der Waals surface area contributed by atoms with Crippen LogP contribution in [-0.2, 0) is 14.3 Å². The van der Waals surface area contributed by atoms with Crippen molar-refractivity contribution in [3.8, 4) is 0 Å². The fraction of sp³-hybridized carbons (Fsp3) is 0.714. The lowest BCUT2D eigenvalue weighted by Crippen LogP contribution is -2.50. The highest BCUT2D eigenvalue weighted by Gasteiger charge is 2.55. The molecule has 174 valence electrons. The molecular formula is C21H30N6O5. The van der Waals surface area contributed by atoms with Gasteiger partial charge in [0.15, 0.2) is 5.69 Å². The second kappa shape index (κ2) is 8.87. The average molecular weight is 447 g/mol. The first-order chi connectivity index (χ1) is 15.4. The lowest BCUT2D eigenvalue weighted by molar-refractivity contribution is -0.137. The number of carbonyl (C=O) groups is 4. The molecule has 1 aromatic heterocycles. The minimum Gasteiger partial charge on any atom is -0.464 e. The van der Waals surface area contributed by atoms with Crippen molar-refractivity contribution in [2.24, 2.45) is 0 Å². The molecule has 2 heterocycles. The van der Waals surface area contributed by atoms with Crippen molar-refractivity contribution in [2.75, 3.05) is 20.7 Å². The van der Waals surface area contributed by atoms with Crippen LogP contribution in [0, 0.1) is 0 Å². The molecule has 11 nitrogen and oxygen atoms in total. The molecular weight excluding hydrogens is 416 g/mol. The number of nitrogens with zero attached hydrogens (tertiary/aromatic N) is 5. The predicted octanol–water partition coefficient (Wildman–Crippen LogP) is 1.26. The maximum absolute atomic E-state index is 13.1. The number of carbonyl (C=O) groups excluding carboxylic acids is 4. The van der Waals surface area contributed by atoms with Crippen LogP contribution in [0.15, 0.2) is 6.20 Å². The van der Waals surface area contributed by atoms with Crippen LogP contribution in [0.2, 0.25) is 0 Å². The first-order valence-corrected chi connectivity index (χ1v) is 11.3. The smallest absolute Gasteiger partial charge is 0.360 e. The van der Waals surface area contributed by atoms with Gasteiger partial charge in [-0.15, -0.1) is 5.10 Å². The van der Waals surface area contributed by atoms with E-state index in [0.717, 1.165) is 49.8 Å². The zero-order valence-electron chi connectivity index (χ0n) is 18.6. The maximum atomic E-state index is 13.1. The monoisotopic (exact) mass is 446 g/mol. The number of urea groups is 1. The van der Waals surface area contributed by atoms with E-state index in [0.29, 0.717) is 12.8 Å². The van der Waals surface area contributed by atoms with Crippen molar-refractivity contribution in [1.29, 1.82) is 0 Å². The minimum absolute atomic E-state index is 0.109. The third-order valence-electron chi connectivity index (χ3n) is 7.11. The Morgan fingerprint density at radius 2 is 1.88 bits per heavy atom. The summed E-state index contributed by atoms with van der Waals surface area (Å²) in [6.07, 6.45) is 9.07. The van der Waals surface area contributed by atoms with Crippen molar-refractivity contribution in [3.05, 3.63) is 11.9 Å². The second-order valence-corrected chi connectivity index (χ2v) is 8.93. The molecule has 0 bridgehead atoms. The van der Waals surface area contributed by atoms with E-state index < -0.39 is 17.5 Å². The van der Waals surface area contributed by atoms with Crippen LogP contribution in [0.1, 0.15) is 74.3 Å². The Morgan fingerprint density at radius 1 is 1.16 bits per heavy atom. The van der Waals surface area contributed by atoms with Gasteiger partial charge in [0.1, 0.15) is 12.1 Å². The van der Waals surface area contributed by atoms with E-state index in [1.807, 2.05) is 0 Å². The first-order valence-electron chi connectivity index (χ1n) is 11.3. The van der Waals surface area contributed by atoms with E-state index in [1.165, 1.54) is 18.2 Å². The van der Waals surface area contributed by atoms with Crippen LogP contribution in [-0.4, -0.2) is 80.9 Å². The topological polar surface area (TPSA) is 127 Å². The summed E-state index contributed by atoms with van der Waals surface area (Å²) >= 11 is 0. The summed E-state index contributed by atoms with van der Waals surface area (Å²) in [5.41, 5.74) is -0.689. The summed E-state index contributed by atoms with van der Waals surface area (Å²) in [5.74, 6) is -1.21. The van der Waals surface area contributed by atoms with Crippen LogP contribution in [0.5, 0.6) is 0 Å². The van der Waals surface area contributed by atoms with Gasteiger partial charge in [0, 0.05) is 7.05 Å². The number of nitrogens with one attached hydrogen (secondary N) is 1. The SMILES string of the molecule is COC(=O)c1cn([C@@H]2CCCC[C@@H]2NC(=O)CN2C(=O)N(C)C3(CCCCC3)C2=O)nn1. The molecule has 1 aliphatic heterocycles. The number of amides is 4. The number of rotatable bonds is 5. The van der Waals surface area contributed by atoms with Crippen molar-refractivity contribution in [1.82, 2.24) is 30.1 Å². The van der Waals surface area contributed by atoms with Gasteiger partial charge in [-0.1, -0.05) is 37.3 Å². The molecule has 1 saturated heterocycles. The quantitative estimate of drug-likeness (QED) is 0.533. The van der Waals surface area contributed by atoms with Gasteiger partial charge < -0.3 is 15.0 Å². The first kappa shape index (κ1) is 22.2. The fourth-order valence-electron chi connectivity index (χ4n) is 5.30. The standard InChI is InChI=1S/C21H30N6O5/c1-25-20(31)26(19(30)21(25)10-6-3-7-11-21)13-17(28)22-14-8-4-5-9-16(14)27-12-15(23-24-27)18(29)32-2/h12,14,16H,3-11,13H2,1-2H3,(H,22,28)/t14-,16+/m0/s1. The van der Waals surface area contributed by atoms with E-state index in [-0.39, 0.29) is 36.1 Å². The van der Waals surface area contributed by atoms with E-state index in [9.17, 15) is 19.2 Å². The summed E-state index contributed by atoms with van der Waals surface area (Å²) in [6, 6.07) is -0.820. The molecule has 0 unspecified atom stereocenters. The van der Waals surface area contributed by atoms with Crippen molar-refractivity contribution in [2.45, 2.75) is 75.4 Å². The summed E-state index contributed by atoms with van der Waals surface area (Å²) < 4.78 is 6.27. The highest BCUT2D eigenvalue weighted by atomic mass is 16.5. The second-order valence-electron chi connectivity index (χ2n) is 8.93. The molecule has 0 radical (unpaired) electrons. The van der Waals surface area contributed by atoms with Crippen molar-refractivity contribution >= 4 is 23.8 Å². The predicted molar refractivity (Wildman–Crippen MR) is 111 cm³/mol. The Kier molecular flexibility index (Phi) is 6.16. The Labute approximate surface area is 186 Å². The number of likely N-dealkylation sites (N-methyl/N-ethyl adjacent to an activating group) is 1. The molecule has 3 fully saturated rings. The average Bonchev–Trinajstić information content (AvgIpc) is 3.36. The molecule has 4 rings (SSSR count). The van der Waals surface area contributed by atoms with Gasteiger partial charge in [0.05, 0.1) is 25.4 Å². The molecule has 1 N–H and O–H groups in total.